The molecule has 0 fully saturated rings. The number of nitrogens with zero attached hydrogens (tertiary/aromatic N) is 2. The van der Waals surface area contributed by atoms with E-state index in [-0.39, 0.29) is 23.8 Å². The van der Waals surface area contributed by atoms with E-state index in [9.17, 15) is 14.9 Å². The number of hydrogen-bond acceptors (Lipinski definition) is 6. The van der Waals surface area contributed by atoms with Gasteiger partial charge >= 0.3 is 11.7 Å². The lowest BCUT2D eigenvalue weighted by molar-refractivity contribution is -0.384. The molecule has 2 N–H and O–H groups in total. The minimum atomic E-state index is -1.10. The second kappa shape index (κ2) is 5.80. The minimum Gasteiger partial charge on any atom is -0.481 e. The van der Waals surface area contributed by atoms with E-state index in [0.29, 0.717) is 0 Å². The lowest BCUT2D eigenvalue weighted by Gasteiger charge is -2.13. The number of aromatic nitrogens is 1. The van der Waals surface area contributed by atoms with Gasteiger partial charge in [-0.2, -0.15) is 4.98 Å². The number of nitro groups is 1. The second-order valence-electron chi connectivity index (χ2n) is 3.42. The van der Waals surface area contributed by atoms with Crippen molar-refractivity contribution in [3.63, 3.8) is 0 Å². The lowest BCUT2D eigenvalue weighted by Crippen LogP contribution is -2.29. The first kappa shape index (κ1) is 13.7. The van der Waals surface area contributed by atoms with Crippen molar-refractivity contribution in [2.75, 3.05) is 12.4 Å². The van der Waals surface area contributed by atoms with E-state index < -0.39 is 16.9 Å². The van der Waals surface area contributed by atoms with E-state index in [0.717, 1.165) is 0 Å². The molecule has 0 aliphatic rings. The van der Waals surface area contributed by atoms with E-state index in [1.54, 1.807) is 6.92 Å². The Labute approximate surface area is 103 Å². The number of ether oxygens (including phenoxy) is 1. The fourth-order valence-corrected chi connectivity index (χ4v) is 1.30. The third-order valence-electron chi connectivity index (χ3n) is 2.27. The molecule has 1 aromatic rings. The molecule has 8 nitrogen and oxygen atoms in total. The number of carboxylic acid groups (broad SMARTS) is 1. The quantitative estimate of drug-likeness (QED) is 0.581. The summed E-state index contributed by atoms with van der Waals surface area (Å²) in [5.41, 5.74) is -0.296. The molecule has 0 saturated carbocycles. The fraction of sp³-hybridized carbons (Fsp3) is 0.400. The van der Waals surface area contributed by atoms with Crippen LogP contribution in [0.5, 0.6) is 5.88 Å². The van der Waals surface area contributed by atoms with Gasteiger partial charge in [0.2, 0.25) is 11.7 Å². The number of aliphatic carboxylic acids is 1. The van der Waals surface area contributed by atoms with Gasteiger partial charge in [0.25, 0.3) is 0 Å². The van der Waals surface area contributed by atoms with Crippen LogP contribution in [0.1, 0.15) is 13.3 Å². The first-order valence-corrected chi connectivity index (χ1v) is 5.18. The maximum Gasteiger partial charge on any atom is 0.326 e. The minimum absolute atomic E-state index is 0.117. The normalized spacial score (nSPS) is 11.7. The van der Waals surface area contributed by atoms with Gasteiger partial charge in [-0.25, -0.2) is 4.79 Å². The molecule has 0 aliphatic carbocycles. The number of carboxylic acids is 1. The molecule has 1 rings (SSSR count). The molecule has 8 heteroatoms. The summed E-state index contributed by atoms with van der Waals surface area (Å²) in [6.45, 7) is 1.65. The van der Waals surface area contributed by atoms with Gasteiger partial charge in [0.1, 0.15) is 6.04 Å². The third kappa shape index (κ3) is 3.06. The zero-order valence-electron chi connectivity index (χ0n) is 9.91. The Morgan fingerprint density at radius 3 is 2.78 bits per heavy atom. The van der Waals surface area contributed by atoms with Crippen molar-refractivity contribution in [1.82, 2.24) is 4.98 Å². The van der Waals surface area contributed by atoms with Crippen molar-refractivity contribution < 1.29 is 19.6 Å². The van der Waals surface area contributed by atoms with E-state index in [1.165, 1.54) is 19.2 Å². The number of rotatable bonds is 6. The van der Waals surface area contributed by atoms with Gasteiger partial charge < -0.3 is 15.2 Å². The molecule has 0 spiro atoms. The smallest absolute Gasteiger partial charge is 0.326 e. The average molecular weight is 255 g/mol. The van der Waals surface area contributed by atoms with Crippen LogP contribution in [0.25, 0.3) is 0 Å². The van der Waals surface area contributed by atoms with Crippen molar-refractivity contribution in [2.45, 2.75) is 19.4 Å². The van der Waals surface area contributed by atoms with Gasteiger partial charge in [0.05, 0.1) is 12.0 Å². The lowest BCUT2D eigenvalue weighted by atomic mass is 10.2. The number of carbonyl (C=O) groups is 1. The Hall–Kier alpha value is -2.38. The largest absolute Gasteiger partial charge is 0.481 e. The average Bonchev–Trinajstić information content (AvgIpc) is 2.34. The van der Waals surface area contributed by atoms with Gasteiger partial charge in [0, 0.05) is 12.1 Å². The molecule has 0 aromatic carbocycles. The van der Waals surface area contributed by atoms with Crippen LogP contribution in [0.15, 0.2) is 12.1 Å². The SMILES string of the molecule is CCC(Nc1nc(OC)ccc1[N+](=O)[O-])C(=O)O. The number of anilines is 1. The van der Waals surface area contributed by atoms with Gasteiger partial charge in [-0.3, -0.25) is 10.1 Å². The van der Waals surface area contributed by atoms with Crippen molar-refractivity contribution >= 4 is 17.5 Å². The molecule has 0 radical (unpaired) electrons. The molecule has 0 aliphatic heterocycles. The van der Waals surface area contributed by atoms with Crippen LogP contribution in [-0.2, 0) is 4.79 Å². The van der Waals surface area contributed by atoms with E-state index in [1.807, 2.05) is 0 Å². The highest BCUT2D eigenvalue weighted by molar-refractivity contribution is 5.78. The first-order chi connectivity index (χ1) is 8.49. The molecular weight excluding hydrogens is 242 g/mol. The number of pyridine rings is 1. The summed E-state index contributed by atoms with van der Waals surface area (Å²) in [6, 6.07) is 1.61. The summed E-state index contributed by atoms with van der Waals surface area (Å²) in [5, 5.41) is 22.2. The molecule has 18 heavy (non-hydrogen) atoms. The maximum absolute atomic E-state index is 10.9. The van der Waals surface area contributed by atoms with Crippen LogP contribution in [0.4, 0.5) is 11.5 Å². The molecular formula is C10H13N3O5. The number of methoxy groups -OCH3 is 1. The van der Waals surface area contributed by atoms with Crippen molar-refractivity contribution in [1.29, 1.82) is 0 Å². The topological polar surface area (TPSA) is 115 Å². The predicted octanol–water partition coefficient (Wildman–Crippen LogP) is 1.27. The van der Waals surface area contributed by atoms with Gasteiger partial charge in [0.15, 0.2) is 0 Å². The van der Waals surface area contributed by atoms with Gasteiger partial charge in [-0.15, -0.1) is 0 Å². The zero-order valence-corrected chi connectivity index (χ0v) is 9.91. The summed E-state index contributed by atoms with van der Waals surface area (Å²) < 4.78 is 4.84. The Morgan fingerprint density at radius 1 is 1.67 bits per heavy atom. The highest BCUT2D eigenvalue weighted by Crippen LogP contribution is 2.25. The van der Waals surface area contributed by atoms with Gasteiger partial charge in [-0.1, -0.05) is 6.92 Å². The summed E-state index contributed by atoms with van der Waals surface area (Å²) in [4.78, 5) is 24.9. The van der Waals surface area contributed by atoms with Crippen molar-refractivity contribution in [2.24, 2.45) is 0 Å². The number of hydrogen-bond donors (Lipinski definition) is 2. The molecule has 1 unspecified atom stereocenters. The van der Waals surface area contributed by atoms with Crippen LogP contribution in [-0.4, -0.2) is 34.1 Å². The van der Waals surface area contributed by atoms with E-state index >= 15 is 0 Å². The Bertz CT molecular complexity index is 463. The van der Waals surface area contributed by atoms with Crippen molar-refractivity contribution in [3.8, 4) is 5.88 Å². The first-order valence-electron chi connectivity index (χ1n) is 5.18. The Balaban J connectivity index is 3.11. The summed E-state index contributed by atoms with van der Waals surface area (Å²) in [6.07, 6.45) is 0.269. The van der Waals surface area contributed by atoms with Crippen LogP contribution in [0, 0.1) is 10.1 Å². The van der Waals surface area contributed by atoms with Crippen LogP contribution >= 0.6 is 0 Å². The monoisotopic (exact) mass is 255 g/mol. The molecule has 1 aromatic heterocycles. The van der Waals surface area contributed by atoms with Crippen LogP contribution in [0.3, 0.4) is 0 Å². The van der Waals surface area contributed by atoms with Gasteiger partial charge in [-0.05, 0) is 6.42 Å². The van der Waals surface area contributed by atoms with E-state index in [4.69, 9.17) is 9.84 Å². The molecule has 1 atom stereocenters. The fourth-order valence-electron chi connectivity index (χ4n) is 1.30. The molecule has 0 bridgehead atoms. The van der Waals surface area contributed by atoms with E-state index in [2.05, 4.69) is 10.3 Å². The summed E-state index contributed by atoms with van der Waals surface area (Å²) >= 11 is 0. The van der Waals surface area contributed by atoms with Crippen molar-refractivity contribution in [3.05, 3.63) is 22.2 Å². The summed E-state index contributed by atoms with van der Waals surface area (Å²) in [5.74, 6) is -1.05. The van der Waals surface area contributed by atoms with Crippen LogP contribution < -0.4 is 10.1 Å². The Morgan fingerprint density at radius 2 is 2.33 bits per heavy atom. The number of nitrogens with one attached hydrogen (secondary N) is 1. The van der Waals surface area contributed by atoms with Crippen LogP contribution in [0.2, 0.25) is 0 Å². The maximum atomic E-state index is 10.9. The predicted molar refractivity (Wildman–Crippen MR) is 62.8 cm³/mol. The second-order valence-corrected chi connectivity index (χ2v) is 3.42. The highest BCUT2D eigenvalue weighted by atomic mass is 16.6. The Kier molecular flexibility index (Phi) is 4.41. The molecule has 1 heterocycles. The standard InChI is InChI=1S/C10H13N3O5/c1-3-6(10(14)15)11-9-7(13(16)17)4-5-8(12-9)18-2/h4-6H,3H2,1-2H3,(H,11,12)(H,14,15). The summed E-state index contributed by atoms with van der Waals surface area (Å²) in [7, 11) is 1.37. The molecule has 0 saturated heterocycles. The zero-order chi connectivity index (χ0) is 13.7. The third-order valence-corrected chi connectivity index (χ3v) is 2.27. The molecule has 98 valence electrons. The molecule has 0 amide bonds. The highest BCUT2D eigenvalue weighted by Gasteiger charge is 2.22.